The van der Waals surface area contributed by atoms with Gasteiger partial charge < -0.3 is 4.90 Å². The average Bonchev–Trinajstić information content (AvgIpc) is 2.52. The van der Waals surface area contributed by atoms with E-state index < -0.39 is 4.92 Å². The third kappa shape index (κ3) is 3.54. The Bertz CT molecular complexity index is 680. The summed E-state index contributed by atoms with van der Waals surface area (Å²) in [7, 11) is 1.88. The van der Waals surface area contributed by atoms with Gasteiger partial charge in [0.15, 0.2) is 0 Å². The molecule has 2 aromatic rings. The van der Waals surface area contributed by atoms with Crippen molar-refractivity contribution >= 4 is 11.4 Å². The van der Waals surface area contributed by atoms with Gasteiger partial charge in [-0.15, -0.1) is 0 Å². The monoisotopic (exact) mass is 282 g/mol. The van der Waals surface area contributed by atoms with E-state index in [1.807, 2.05) is 36.2 Å². The van der Waals surface area contributed by atoms with E-state index in [0.717, 1.165) is 17.8 Å². The number of rotatable bonds is 5. The molecule has 0 unspecified atom stereocenters. The highest BCUT2D eigenvalue weighted by molar-refractivity contribution is 5.59. The number of aromatic nitrogens is 1. The molecule has 0 aliphatic rings. The Kier molecular flexibility index (Phi) is 4.46. The molecule has 1 aromatic heterocycles. The molecule has 0 saturated carbocycles. The van der Waals surface area contributed by atoms with Crippen LogP contribution >= 0.6 is 0 Å². The molecule has 0 aliphatic carbocycles. The standard InChI is InChI=1S/C15H14N4O2/c1-18(9-7-13-4-2-3-8-17-13)14-5-6-15(19(20)21)12(10-14)11-16/h2-6,8,10H,7,9H2,1H3. The molecular weight excluding hydrogens is 268 g/mol. The Hall–Kier alpha value is -2.94. The fraction of sp³-hybridized carbons (Fsp3) is 0.200. The van der Waals surface area contributed by atoms with Crippen molar-refractivity contribution in [1.29, 1.82) is 5.26 Å². The van der Waals surface area contributed by atoms with Crippen molar-refractivity contribution in [3.63, 3.8) is 0 Å². The molecule has 0 fully saturated rings. The fourth-order valence-electron chi connectivity index (χ4n) is 1.97. The van der Waals surface area contributed by atoms with Crippen molar-refractivity contribution in [2.45, 2.75) is 6.42 Å². The van der Waals surface area contributed by atoms with Gasteiger partial charge in [-0.1, -0.05) is 6.07 Å². The van der Waals surface area contributed by atoms with E-state index >= 15 is 0 Å². The first-order valence-corrected chi connectivity index (χ1v) is 6.41. The van der Waals surface area contributed by atoms with Gasteiger partial charge in [-0.25, -0.2) is 0 Å². The quantitative estimate of drug-likeness (QED) is 0.621. The lowest BCUT2D eigenvalue weighted by Gasteiger charge is -2.19. The van der Waals surface area contributed by atoms with E-state index in [1.165, 1.54) is 12.1 Å². The summed E-state index contributed by atoms with van der Waals surface area (Å²) in [5.41, 5.74) is 1.65. The van der Waals surface area contributed by atoms with Gasteiger partial charge >= 0.3 is 0 Å². The number of hydrogen-bond donors (Lipinski definition) is 0. The average molecular weight is 282 g/mol. The number of hydrogen-bond acceptors (Lipinski definition) is 5. The molecule has 6 nitrogen and oxygen atoms in total. The maximum atomic E-state index is 10.8. The molecule has 0 N–H and O–H groups in total. The molecule has 21 heavy (non-hydrogen) atoms. The smallest absolute Gasteiger partial charge is 0.287 e. The van der Waals surface area contributed by atoms with Crippen LogP contribution in [0.5, 0.6) is 0 Å². The topological polar surface area (TPSA) is 83.1 Å². The van der Waals surface area contributed by atoms with Crippen molar-refractivity contribution in [2.24, 2.45) is 0 Å². The zero-order chi connectivity index (χ0) is 15.2. The molecule has 0 bridgehead atoms. The van der Waals surface area contributed by atoms with Gasteiger partial charge in [0.25, 0.3) is 5.69 Å². The second-order valence-corrected chi connectivity index (χ2v) is 4.56. The van der Waals surface area contributed by atoms with E-state index in [4.69, 9.17) is 5.26 Å². The molecule has 106 valence electrons. The highest BCUT2D eigenvalue weighted by Gasteiger charge is 2.15. The number of nitro groups is 1. The number of benzene rings is 1. The minimum atomic E-state index is -0.545. The van der Waals surface area contributed by atoms with Crippen LogP contribution in [0.25, 0.3) is 0 Å². The van der Waals surface area contributed by atoms with Crippen molar-refractivity contribution < 1.29 is 4.92 Å². The summed E-state index contributed by atoms with van der Waals surface area (Å²) in [4.78, 5) is 16.5. The minimum Gasteiger partial charge on any atom is -0.374 e. The van der Waals surface area contributed by atoms with Crippen LogP contribution in [0.15, 0.2) is 42.6 Å². The first-order valence-electron chi connectivity index (χ1n) is 6.41. The van der Waals surface area contributed by atoms with E-state index in [0.29, 0.717) is 6.54 Å². The van der Waals surface area contributed by atoms with Gasteiger partial charge in [-0.05, 0) is 24.3 Å². The first kappa shape index (κ1) is 14.5. The Morgan fingerprint density at radius 2 is 2.19 bits per heavy atom. The van der Waals surface area contributed by atoms with E-state index in [1.54, 1.807) is 12.3 Å². The first-order chi connectivity index (χ1) is 10.1. The van der Waals surface area contributed by atoms with Crippen molar-refractivity contribution in [3.8, 4) is 6.07 Å². The van der Waals surface area contributed by atoms with Gasteiger partial charge in [-0.3, -0.25) is 15.1 Å². The van der Waals surface area contributed by atoms with Crippen LogP contribution in [0.4, 0.5) is 11.4 Å². The number of nitrogens with zero attached hydrogens (tertiary/aromatic N) is 4. The minimum absolute atomic E-state index is 0.0715. The summed E-state index contributed by atoms with van der Waals surface area (Å²) in [6.45, 7) is 0.708. The van der Waals surface area contributed by atoms with Gasteiger partial charge in [-0.2, -0.15) is 5.26 Å². The predicted molar refractivity (Wildman–Crippen MR) is 79.0 cm³/mol. The lowest BCUT2D eigenvalue weighted by Crippen LogP contribution is -2.20. The maximum Gasteiger partial charge on any atom is 0.287 e. The van der Waals surface area contributed by atoms with Crippen LogP contribution in [0.2, 0.25) is 0 Å². The van der Waals surface area contributed by atoms with Crippen LogP contribution < -0.4 is 4.90 Å². The number of pyridine rings is 1. The zero-order valence-corrected chi connectivity index (χ0v) is 11.6. The lowest BCUT2D eigenvalue weighted by molar-refractivity contribution is -0.385. The molecule has 0 spiro atoms. The number of nitriles is 1. The van der Waals surface area contributed by atoms with Crippen molar-refractivity contribution in [2.75, 3.05) is 18.5 Å². The zero-order valence-electron chi connectivity index (χ0n) is 11.6. The number of likely N-dealkylation sites (N-methyl/N-ethyl adjacent to an activating group) is 1. The summed E-state index contributed by atoms with van der Waals surface area (Å²) in [5.74, 6) is 0. The molecule has 0 atom stereocenters. The maximum absolute atomic E-state index is 10.8. The summed E-state index contributed by atoms with van der Waals surface area (Å²) >= 11 is 0. The second-order valence-electron chi connectivity index (χ2n) is 4.56. The third-order valence-corrected chi connectivity index (χ3v) is 3.17. The van der Waals surface area contributed by atoms with Gasteiger partial charge in [0, 0.05) is 43.7 Å². The second kappa shape index (κ2) is 6.48. The van der Waals surface area contributed by atoms with Crippen LogP contribution in [0.1, 0.15) is 11.3 Å². The van der Waals surface area contributed by atoms with Crippen molar-refractivity contribution in [3.05, 3.63) is 64.0 Å². The van der Waals surface area contributed by atoms with Gasteiger partial charge in [0.2, 0.25) is 0 Å². The van der Waals surface area contributed by atoms with Crippen LogP contribution in [-0.4, -0.2) is 23.5 Å². The molecule has 1 aromatic carbocycles. The molecule has 1 heterocycles. The summed E-state index contributed by atoms with van der Waals surface area (Å²) in [5, 5.41) is 19.8. The normalized spacial score (nSPS) is 9.90. The molecule has 0 amide bonds. The van der Waals surface area contributed by atoms with Crippen molar-refractivity contribution in [1.82, 2.24) is 4.98 Å². The molecular formula is C15H14N4O2. The molecule has 0 radical (unpaired) electrons. The molecule has 0 saturated heterocycles. The third-order valence-electron chi connectivity index (χ3n) is 3.17. The largest absolute Gasteiger partial charge is 0.374 e. The lowest BCUT2D eigenvalue weighted by atomic mass is 10.1. The van der Waals surface area contributed by atoms with E-state index in [2.05, 4.69) is 4.98 Å². The Labute approximate surface area is 122 Å². The SMILES string of the molecule is CN(CCc1ccccn1)c1ccc([N+](=O)[O-])c(C#N)c1. The highest BCUT2D eigenvalue weighted by Crippen LogP contribution is 2.23. The summed E-state index contributed by atoms with van der Waals surface area (Å²) < 4.78 is 0. The Morgan fingerprint density at radius 1 is 1.38 bits per heavy atom. The Morgan fingerprint density at radius 3 is 2.81 bits per heavy atom. The highest BCUT2D eigenvalue weighted by atomic mass is 16.6. The molecule has 6 heteroatoms. The summed E-state index contributed by atoms with van der Waals surface area (Å²) in [6.07, 6.45) is 2.51. The molecule has 0 aliphatic heterocycles. The van der Waals surface area contributed by atoms with E-state index in [9.17, 15) is 10.1 Å². The predicted octanol–water partition coefficient (Wildman–Crippen LogP) is 2.54. The molecule has 2 rings (SSSR count). The number of anilines is 1. The van der Waals surface area contributed by atoms with Gasteiger partial charge in [0.1, 0.15) is 11.6 Å². The van der Waals surface area contributed by atoms with Crippen LogP contribution in [0.3, 0.4) is 0 Å². The van der Waals surface area contributed by atoms with Gasteiger partial charge in [0.05, 0.1) is 4.92 Å². The van der Waals surface area contributed by atoms with E-state index in [-0.39, 0.29) is 11.3 Å². The number of nitro benzene ring substituents is 1. The Balaban J connectivity index is 2.11. The van der Waals surface area contributed by atoms with Crippen LogP contribution in [0, 0.1) is 21.4 Å². The van der Waals surface area contributed by atoms with Crippen LogP contribution in [-0.2, 0) is 6.42 Å². The summed E-state index contributed by atoms with van der Waals surface area (Å²) in [6, 6.07) is 12.2. The fourth-order valence-corrected chi connectivity index (χ4v) is 1.97.